The molecule has 90 valence electrons. The molecular formula is C13H12N4O. The summed E-state index contributed by atoms with van der Waals surface area (Å²) in [6.07, 6.45) is 7.03. The van der Waals surface area contributed by atoms with E-state index in [1.165, 1.54) is 0 Å². The number of nitrogens with one attached hydrogen (secondary N) is 1. The molecular weight excluding hydrogens is 228 g/mol. The molecule has 1 N–H and O–H groups in total. The van der Waals surface area contributed by atoms with E-state index in [1.54, 1.807) is 32.0 Å². The highest BCUT2D eigenvalue weighted by Gasteiger charge is 2.10. The standard InChI is InChI=1S/C13H12N4O/c1-8-3-12(18-2)15-5-9(8)10-4-14-6-11-13(10)17-7-16-11/h3-7H,1-2H3,(H,16,17). The number of hydrogen-bond acceptors (Lipinski definition) is 4. The van der Waals surface area contributed by atoms with Gasteiger partial charge in [-0.15, -0.1) is 0 Å². The van der Waals surface area contributed by atoms with Crippen molar-refractivity contribution < 1.29 is 4.74 Å². The van der Waals surface area contributed by atoms with E-state index in [1.807, 2.05) is 13.0 Å². The third-order valence-corrected chi connectivity index (χ3v) is 2.92. The van der Waals surface area contributed by atoms with Gasteiger partial charge in [-0.1, -0.05) is 0 Å². The summed E-state index contributed by atoms with van der Waals surface area (Å²) in [7, 11) is 1.61. The van der Waals surface area contributed by atoms with Crippen LogP contribution in [0.15, 0.2) is 31.0 Å². The number of ether oxygens (including phenoxy) is 1. The van der Waals surface area contributed by atoms with Crippen molar-refractivity contribution in [3.63, 3.8) is 0 Å². The van der Waals surface area contributed by atoms with Gasteiger partial charge in [0, 0.05) is 29.6 Å². The second kappa shape index (κ2) is 4.10. The van der Waals surface area contributed by atoms with Gasteiger partial charge in [-0.05, 0) is 12.5 Å². The van der Waals surface area contributed by atoms with Crippen LogP contribution in [0.2, 0.25) is 0 Å². The Morgan fingerprint density at radius 1 is 1.11 bits per heavy atom. The van der Waals surface area contributed by atoms with Gasteiger partial charge < -0.3 is 9.72 Å². The SMILES string of the molecule is COc1cc(C)c(-c2cncc3[nH]cnc23)cn1. The molecule has 0 saturated heterocycles. The number of aromatic amines is 1. The number of H-pyrrole nitrogens is 1. The average Bonchev–Trinajstić information content (AvgIpc) is 2.87. The Kier molecular flexibility index (Phi) is 2.44. The zero-order chi connectivity index (χ0) is 12.5. The van der Waals surface area contributed by atoms with Crippen LogP contribution in [0, 0.1) is 6.92 Å². The molecule has 0 atom stereocenters. The minimum atomic E-state index is 0.610. The van der Waals surface area contributed by atoms with Gasteiger partial charge in [-0.3, -0.25) is 4.98 Å². The van der Waals surface area contributed by atoms with Crippen molar-refractivity contribution >= 4 is 11.0 Å². The Hall–Kier alpha value is -2.43. The maximum absolute atomic E-state index is 5.11. The van der Waals surface area contributed by atoms with Crippen molar-refractivity contribution in [1.82, 2.24) is 19.9 Å². The normalized spacial score (nSPS) is 10.8. The summed E-state index contributed by atoms with van der Waals surface area (Å²) in [5.74, 6) is 0.610. The van der Waals surface area contributed by atoms with E-state index in [4.69, 9.17) is 4.74 Å². The number of imidazole rings is 1. The summed E-state index contributed by atoms with van der Waals surface area (Å²) in [4.78, 5) is 15.8. The largest absolute Gasteiger partial charge is 0.481 e. The molecule has 3 rings (SSSR count). The Morgan fingerprint density at radius 2 is 2.00 bits per heavy atom. The summed E-state index contributed by atoms with van der Waals surface area (Å²) >= 11 is 0. The fourth-order valence-electron chi connectivity index (χ4n) is 1.99. The van der Waals surface area contributed by atoms with E-state index in [0.29, 0.717) is 5.88 Å². The molecule has 0 radical (unpaired) electrons. The van der Waals surface area contributed by atoms with Crippen LogP contribution in [0.1, 0.15) is 5.56 Å². The molecule has 0 saturated carbocycles. The molecule has 0 aliphatic carbocycles. The van der Waals surface area contributed by atoms with Crippen molar-refractivity contribution in [1.29, 1.82) is 0 Å². The van der Waals surface area contributed by atoms with E-state index in [2.05, 4.69) is 19.9 Å². The van der Waals surface area contributed by atoms with Gasteiger partial charge in [0.25, 0.3) is 0 Å². The predicted octanol–water partition coefficient (Wildman–Crippen LogP) is 2.34. The van der Waals surface area contributed by atoms with Crippen molar-refractivity contribution in [2.24, 2.45) is 0 Å². The minimum absolute atomic E-state index is 0.610. The lowest BCUT2D eigenvalue weighted by atomic mass is 10.0. The molecule has 5 nitrogen and oxygen atoms in total. The highest BCUT2D eigenvalue weighted by molar-refractivity contribution is 5.91. The van der Waals surface area contributed by atoms with Crippen molar-refractivity contribution in [2.75, 3.05) is 7.11 Å². The summed E-state index contributed by atoms with van der Waals surface area (Å²) < 4.78 is 5.11. The maximum atomic E-state index is 5.11. The van der Waals surface area contributed by atoms with Crippen LogP contribution in [0.25, 0.3) is 22.2 Å². The minimum Gasteiger partial charge on any atom is -0.481 e. The number of hydrogen-bond donors (Lipinski definition) is 1. The lowest BCUT2D eigenvalue weighted by Gasteiger charge is -2.07. The van der Waals surface area contributed by atoms with Crippen LogP contribution in [0.5, 0.6) is 5.88 Å². The number of aromatic nitrogens is 4. The van der Waals surface area contributed by atoms with Crippen molar-refractivity contribution in [2.45, 2.75) is 6.92 Å². The first-order valence-electron chi connectivity index (χ1n) is 5.57. The number of nitrogens with zero attached hydrogens (tertiary/aromatic N) is 3. The Morgan fingerprint density at radius 3 is 2.78 bits per heavy atom. The molecule has 0 amide bonds. The van der Waals surface area contributed by atoms with Crippen molar-refractivity contribution in [3.8, 4) is 17.0 Å². The van der Waals surface area contributed by atoms with Gasteiger partial charge in [0.05, 0.1) is 30.7 Å². The number of fused-ring (bicyclic) bond motifs is 1. The van der Waals surface area contributed by atoms with Gasteiger partial charge >= 0.3 is 0 Å². The molecule has 18 heavy (non-hydrogen) atoms. The molecule has 0 spiro atoms. The molecule has 0 aliphatic heterocycles. The topological polar surface area (TPSA) is 63.7 Å². The molecule has 3 aromatic rings. The maximum Gasteiger partial charge on any atom is 0.213 e. The third kappa shape index (κ3) is 1.60. The van der Waals surface area contributed by atoms with Crippen LogP contribution >= 0.6 is 0 Å². The molecule has 5 heteroatoms. The van der Waals surface area contributed by atoms with Gasteiger partial charge in [0.2, 0.25) is 5.88 Å². The lowest BCUT2D eigenvalue weighted by molar-refractivity contribution is 0.397. The molecule has 0 bridgehead atoms. The summed E-state index contributed by atoms with van der Waals surface area (Å²) in [6.45, 7) is 2.02. The highest BCUT2D eigenvalue weighted by Crippen LogP contribution is 2.28. The average molecular weight is 240 g/mol. The highest BCUT2D eigenvalue weighted by atomic mass is 16.5. The van der Waals surface area contributed by atoms with Gasteiger partial charge in [0.1, 0.15) is 0 Å². The van der Waals surface area contributed by atoms with E-state index < -0.39 is 0 Å². The zero-order valence-electron chi connectivity index (χ0n) is 10.1. The Bertz CT molecular complexity index is 705. The van der Waals surface area contributed by atoms with E-state index in [-0.39, 0.29) is 0 Å². The quantitative estimate of drug-likeness (QED) is 0.746. The molecule has 3 aromatic heterocycles. The van der Waals surface area contributed by atoms with Crippen LogP contribution < -0.4 is 4.74 Å². The van der Waals surface area contributed by atoms with E-state index in [0.717, 1.165) is 27.7 Å². The number of rotatable bonds is 2. The van der Waals surface area contributed by atoms with Crippen LogP contribution in [0.3, 0.4) is 0 Å². The molecule has 3 heterocycles. The predicted molar refractivity (Wildman–Crippen MR) is 68.4 cm³/mol. The van der Waals surface area contributed by atoms with E-state index in [9.17, 15) is 0 Å². The zero-order valence-corrected chi connectivity index (χ0v) is 10.1. The van der Waals surface area contributed by atoms with Crippen molar-refractivity contribution in [3.05, 3.63) is 36.5 Å². The van der Waals surface area contributed by atoms with Gasteiger partial charge in [-0.2, -0.15) is 0 Å². The van der Waals surface area contributed by atoms with Gasteiger partial charge in [0.15, 0.2) is 0 Å². The first kappa shape index (κ1) is 10.7. The molecule has 0 unspecified atom stereocenters. The monoisotopic (exact) mass is 240 g/mol. The van der Waals surface area contributed by atoms with Crippen LogP contribution in [0.4, 0.5) is 0 Å². The third-order valence-electron chi connectivity index (χ3n) is 2.92. The first-order chi connectivity index (χ1) is 8.79. The fourth-order valence-corrected chi connectivity index (χ4v) is 1.99. The summed E-state index contributed by atoms with van der Waals surface area (Å²) in [5, 5.41) is 0. The first-order valence-corrected chi connectivity index (χ1v) is 5.57. The number of pyridine rings is 2. The number of aryl methyl sites for hydroxylation is 1. The van der Waals surface area contributed by atoms with Crippen LogP contribution in [-0.4, -0.2) is 27.0 Å². The van der Waals surface area contributed by atoms with Gasteiger partial charge in [-0.25, -0.2) is 9.97 Å². The molecule has 0 aromatic carbocycles. The molecule has 0 fully saturated rings. The summed E-state index contributed by atoms with van der Waals surface area (Å²) in [5.41, 5.74) is 4.89. The Labute approximate surface area is 104 Å². The van der Waals surface area contributed by atoms with Crippen LogP contribution in [-0.2, 0) is 0 Å². The lowest BCUT2D eigenvalue weighted by Crippen LogP contribution is -1.92. The summed E-state index contributed by atoms with van der Waals surface area (Å²) in [6, 6.07) is 1.90. The second-order valence-corrected chi connectivity index (χ2v) is 4.03. The Balaban J connectivity index is 2.23. The smallest absolute Gasteiger partial charge is 0.213 e. The number of methoxy groups -OCH3 is 1. The molecule has 0 aliphatic rings. The van der Waals surface area contributed by atoms with E-state index >= 15 is 0 Å². The second-order valence-electron chi connectivity index (χ2n) is 4.03. The fraction of sp³-hybridized carbons (Fsp3) is 0.154.